The zero-order valence-electron chi connectivity index (χ0n) is 13.4. The first-order valence-electron chi connectivity index (χ1n) is 8.66. The second-order valence-corrected chi connectivity index (χ2v) is 7.18. The van der Waals surface area contributed by atoms with E-state index in [1.54, 1.807) is 0 Å². The van der Waals surface area contributed by atoms with Crippen molar-refractivity contribution in [3.05, 3.63) is 0 Å². The molecular weight excluding hydrogens is 248 g/mol. The Labute approximate surface area is 124 Å². The van der Waals surface area contributed by atoms with Crippen molar-refractivity contribution < 1.29 is 4.79 Å². The molecule has 1 aliphatic heterocycles. The van der Waals surface area contributed by atoms with Crippen molar-refractivity contribution in [1.29, 1.82) is 0 Å². The van der Waals surface area contributed by atoms with Gasteiger partial charge in [-0.15, -0.1) is 0 Å². The second-order valence-electron chi connectivity index (χ2n) is 7.18. The molecule has 1 saturated carbocycles. The van der Waals surface area contributed by atoms with E-state index < -0.39 is 0 Å². The lowest BCUT2D eigenvalue weighted by molar-refractivity contribution is -0.132. The molecule has 3 heteroatoms. The highest BCUT2D eigenvalue weighted by Gasteiger charge is 2.23. The molecule has 0 bridgehead atoms. The first-order chi connectivity index (χ1) is 9.65. The number of amides is 1. The molecule has 0 aromatic heterocycles. The van der Waals surface area contributed by atoms with Gasteiger partial charge in [0.05, 0.1) is 0 Å². The van der Waals surface area contributed by atoms with Crippen molar-refractivity contribution in [3.63, 3.8) is 0 Å². The fraction of sp³-hybridized carbons (Fsp3) is 0.941. The molecule has 2 fully saturated rings. The SMILES string of the molecule is CC(C)CN(CC1CCCN1)C(=O)CCC1CCCC1. The predicted molar refractivity (Wildman–Crippen MR) is 83.6 cm³/mol. The van der Waals surface area contributed by atoms with Crippen LogP contribution in [0.2, 0.25) is 0 Å². The molecule has 1 N–H and O–H groups in total. The van der Waals surface area contributed by atoms with E-state index in [1.165, 1.54) is 38.5 Å². The minimum absolute atomic E-state index is 0.388. The number of carbonyl (C=O) groups excluding carboxylic acids is 1. The molecule has 1 saturated heterocycles. The summed E-state index contributed by atoms with van der Waals surface area (Å²) >= 11 is 0. The van der Waals surface area contributed by atoms with Crippen LogP contribution >= 0.6 is 0 Å². The van der Waals surface area contributed by atoms with Gasteiger partial charge in [0.1, 0.15) is 0 Å². The van der Waals surface area contributed by atoms with Gasteiger partial charge < -0.3 is 10.2 Å². The Bertz CT molecular complexity index is 291. The minimum Gasteiger partial charge on any atom is -0.341 e. The maximum absolute atomic E-state index is 12.5. The summed E-state index contributed by atoms with van der Waals surface area (Å²) in [5, 5.41) is 3.52. The van der Waals surface area contributed by atoms with Crippen LogP contribution in [0, 0.1) is 11.8 Å². The van der Waals surface area contributed by atoms with Crippen LogP contribution in [0.25, 0.3) is 0 Å². The zero-order valence-corrected chi connectivity index (χ0v) is 13.4. The van der Waals surface area contributed by atoms with Crippen LogP contribution in [0.1, 0.15) is 65.2 Å². The van der Waals surface area contributed by atoms with Crippen LogP contribution in [-0.4, -0.2) is 36.5 Å². The number of rotatable bonds is 7. The summed E-state index contributed by atoms with van der Waals surface area (Å²) in [6, 6.07) is 0.532. The van der Waals surface area contributed by atoms with Gasteiger partial charge >= 0.3 is 0 Å². The van der Waals surface area contributed by atoms with E-state index in [9.17, 15) is 4.79 Å². The third kappa shape index (κ3) is 5.08. The number of nitrogens with zero attached hydrogens (tertiary/aromatic N) is 1. The molecule has 2 aliphatic rings. The Kier molecular flexibility index (Phi) is 6.34. The summed E-state index contributed by atoms with van der Waals surface area (Å²) in [7, 11) is 0. The first kappa shape index (κ1) is 15.8. The molecule has 3 nitrogen and oxygen atoms in total. The Morgan fingerprint density at radius 3 is 2.55 bits per heavy atom. The second kappa shape index (κ2) is 8.02. The van der Waals surface area contributed by atoms with Crippen LogP contribution in [0.4, 0.5) is 0 Å². The normalized spacial score (nSPS) is 23.6. The standard InChI is InChI=1S/C17H32N2O/c1-14(2)12-19(13-16-8-5-11-18-16)17(20)10-9-15-6-3-4-7-15/h14-16,18H,3-13H2,1-2H3. The minimum atomic E-state index is 0.388. The Morgan fingerprint density at radius 2 is 1.95 bits per heavy atom. The highest BCUT2D eigenvalue weighted by molar-refractivity contribution is 5.76. The summed E-state index contributed by atoms with van der Waals surface area (Å²) in [4.78, 5) is 14.6. The van der Waals surface area contributed by atoms with Gasteiger partial charge in [0, 0.05) is 25.6 Å². The van der Waals surface area contributed by atoms with Crippen molar-refractivity contribution in [2.45, 2.75) is 71.3 Å². The van der Waals surface area contributed by atoms with Crippen molar-refractivity contribution >= 4 is 5.91 Å². The number of carbonyl (C=O) groups is 1. The highest BCUT2D eigenvalue weighted by Crippen LogP contribution is 2.28. The number of hydrogen-bond acceptors (Lipinski definition) is 2. The van der Waals surface area contributed by atoms with Gasteiger partial charge in [0.25, 0.3) is 0 Å². The van der Waals surface area contributed by atoms with Crippen LogP contribution in [-0.2, 0) is 4.79 Å². The van der Waals surface area contributed by atoms with Crippen LogP contribution in [0.3, 0.4) is 0 Å². The molecule has 1 atom stereocenters. The Balaban J connectivity index is 1.78. The van der Waals surface area contributed by atoms with E-state index >= 15 is 0 Å². The zero-order chi connectivity index (χ0) is 14.4. The summed E-state index contributed by atoms with van der Waals surface area (Å²) in [6.45, 7) is 7.37. The van der Waals surface area contributed by atoms with Crippen molar-refractivity contribution in [1.82, 2.24) is 10.2 Å². The van der Waals surface area contributed by atoms with E-state index in [-0.39, 0.29) is 0 Å². The van der Waals surface area contributed by atoms with E-state index in [4.69, 9.17) is 0 Å². The van der Waals surface area contributed by atoms with Crippen LogP contribution in [0.15, 0.2) is 0 Å². The molecular formula is C17H32N2O. The lowest BCUT2D eigenvalue weighted by Crippen LogP contribution is -2.42. The third-order valence-corrected chi connectivity index (χ3v) is 4.78. The molecule has 1 amide bonds. The molecule has 1 heterocycles. The van der Waals surface area contributed by atoms with Gasteiger partial charge in [-0.3, -0.25) is 4.79 Å². The lowest BCUT2D eigenvalue weighted by atomic mass is 10.0. The molecule has 0 spiro atoms. The van der Waals surface area contributed by atoms with E-state index in [2.05, 4.69) is 24.1 Å². The Morgan fingerprint density at radius 1 is 1.20 bits per heavy atom. The summed E-state index contributed by atoms with van der Waals surface area (Å²) in [5.74, 6) is 1.77. The maximum Gasteiger partial charge on any atom is 0.222 e. The monoisotopic (exact) mass is 280 g/mol. The predicted octanol–water partition coefficient (Wildman–Crippen LogP) is 3.19. The number of nitrogens with one attached hydrogen (secondary N) is 1. The largest absolute Gasteiger partial charge is 0.341 e. The van der Waals surface area contributed by atoms with Gasteiger partial charge in [-0.25, -0.2) is 0 Å². The van der Waals surface area contributed by atoms with Crippen molar-refractivity contribution in [3.8, 4) is 0 Å². The maximum atomic E-state index is 12.5. The van der Waals surface area contributed by atoms with Crippen LogP contribution in [0.5, 0.6) is 0 Å². The molecule has 1 aliphatic carbocycles. The van der Waals surface area contributed by atoms with Gasteiger partial charge in [0.15, 0.2) is 0 Å². The van der Waals surface area contributed by atoms with Gasteiger partial charge in [0.2, 0.25) is 5.91 Å². The quantitative estimate of drug-likeness (QED) is 0.777. The van der Waals surface area contributed by atoms with E-state index in [1.807, 2.05) is 0 Å². The van der Waals surface area contributed by atoms with Gasteiger partial charge in [-0.1, -0.05) is 39.5 Å². The van der Waals surface area contributed by atoms with Crippen molar-refractivity contribution in [2.24, 2.45) is 11.8 Å². The van der Waals surface area contributed by atoms with Gasteiger partial charge in [-0.2, -0.15) is 0 Å². The smallest absolute Gasteiger partial charge is 0.222 e. The summed E-state index contributed by atoms with van der Waals surface area (Å²) < 4.78 is 0. The fourth-order valence-electron chi connectivity index (χ4n) is 3.68. The average molecular weight is 280 g/mol. The molecule has 116 valence electrons. The number of hydrogen-bond donors (Lipinski definition) is 1. The Hall–Kier alpha value is -0.570. The topological polar surface area (TPSA) is 32.3 Å². The molecule has 0 radical (unpaired) electrons. The van der Waals surface area contributed by atoms with Crippen molar-refractivity contribution in [2.75, 3.05) is 19.6 Å². The third-order valence-electron chi connectivity index (χ3n) is 4.78. The lowest BCUT2D eigenvalue weighted by Gasteiger charge is -2.28. The molecule has 1 unspecified atom stereocenters. The highest BCUT2D eigenvalue weighted by atomic mass is 16.2. The average Bonchev–Trinajstić information content (AvgIpc) is 3.07. The van der Waals surface area contributed by atoms with Crippen LogP contribution < -0.4 is 5.32 Å². The summed E-state index contributed by atoms with van der Waals surface area (Å²) in [6.07, 6.45) is 9.82. The summed E-state index contributed by atoms with van der Waals surface area (Å²) in [5.41, 5.74) is 0. The molecule has 0 aromatic rings. The molecule has 2 rings (SSSR count). The fourth-order valence-corrected chi connectivity index (χ4v) is 3.68. The van der Waals surface area contributed by atoms with E-state index in [0.717, 1.165) is 38.4 Å². The molecule has 0 aromatic carbocycles. The van der Waals surface area contributed by atoms with Gasteiger partial charge in [-0.05, 0) is 37.6 Å². The molecule has 20 heavy (non-hydrogen) atoms. The first-order valence-corrected chi connectivity index (χ1v) is 8.66. The van der Waals surface area contributed by atoms with E-state index in [0.29, 0.717) is 17.9 Å².